The Kier molecular flexibility index (Phi) is 7.05. The zero-order valence-electron chi connectivity index (χ0n) is 10.7. The Hall–Kier alpha value is -0.250. The van der Waals surface area contributed by atoms with E-state index in [1.807, 2.05) is 0 Å². The lowest BCUT2D eigenvalue weighted by Gasteiger charge is -2.23. The summed E-state index contributed by atoms with van der Waals surface area (Å²) in [5.74, 6) is 1.62. The Bertz CT molecular complexity index is 367. The fourth-order valence-electron chi connectivity index (χ4n) is 2.16. The van der Waals surface area contributed by atoms with Crippen LogP contribution in [0.3, 0.4) is 0 Å². The molecule has 1 atom stereocenters. The Morgan fingerprint density at radius 2 is 2.28 bits per heavy atom. The molecule has 2 nitrogen and oxygen atoms in total. The van der Waals surface area contributed by atoms with Gasteiger partial charge in [0.1, 0.15) is 5.75 Å². The second-order valence-corrected chi connectivity index (χ2v) is 5.50. The van der Waals surface area contributed by atoms with Crippen LogP contribution >= 0.6 is 28.3 Å². The van der Waals surface area contributed by atoms with Crippen molar-refractivity contribution in [3.05, 3.63) is 28.2 Å². The smallest absolute Gasteiger partial charge is 0.133 e. The van der Waals surface area contributed by atoms with E-state index in [2.05, 4.69) is 46.4 Å². The lowest BCUT2D eigenvalue weighted by Crippen LogP contribution is -2.33. The Balaban J connectivity index is 0.00000162. The highest BCUT2D eigenvalue weighted by Gasteiger charge is 2.14. The first-order valence-corrected chi connectivity index (χ1v) is 7.21. The van der Waals surface area contributed by atoms with E-state index < -0.39 is 0 Å². The van der Waals surface area contributed by atoms with E-state index in [0.717, 1.165) is 36.3 Å². The molecule has 0 saturated carbocycles. The summed E-state index contributed by atoms with van der Waals surface area (Å²) in [7, 11) is 0. The molecule has 1 fully saturated rings. The largest absolute Gasteiger partial charge is 0.492 e. The highest BCUT2D eigenvalue weighted by atomic mass is 79.9. The molecular weight excluding hydrogens is 314 g/mol. The predicted octanol–water partition coefficient (Wildman–Crippen LogP) is 3.81. The minimum atomic E-state index is 0. The number of rotatable bonds is 4. The van der Waals surface area contributed by atoms with Crippen LogP contribution in [0.5, 0.6) is 5.75 Å². The van der Waals surface area contributed by atoms with Gasteiger partial charge in [0.2, 0.25) is 0 Å². The lowest BCUT2D eigenvalue weighted by atomic mass is 10.0. The number of piperidine rings is 1. The van der Waals surface area contributed by atoms with Crippen LogP contribution in [0.1, 0.15) is 25.3 Å². The second kappa shape index (κ2) is 8.03. The van der Waals surface area contributed by atoms with Gasteiger partial charge in [-0.1, -0.05) is 13.0 Å². The molecule has 1 heterocycles. The van der Waals surface area contributed by atoms with Gasteiger partial charge < -0.3 is 10.1 Å². The van der Waals surface area contributed by atoms with Crippen molar-refractivity contribution in [1.82, 2.24) is 5.32 Å². The molecule has 0 bridgehead atoms. The first-order chi connectivity index (χ1) is 8.29. The number of benzene rings is 1. The van der Waals surface area contributed by atoms with Gasteiger partial charge in [-0.2, -0.15) is 0 Å². The van der Waals surface area contributed by atoms with Crippen LogP contribution in [-0.4, -0.2) is 19.7 Å². The van der Waals surface area contributed by atoms with E-state index in [1.54, 1.807) is 0 Å². The Labute approximate surface area is 124 Å². The van der Waals surface area contributed by atoms with Crippen molar-refractivity contribution in [1.29, 1.82) is 0 Å². The lowest BCUT2D eigenvalue weighted by molar-refractivity contribution is 0.217. The topological polar surface area (TPSA) is 21.3 Å². The van der Waals surface area contributed by atoms with Gasteiger partial charge in [0.15, 0.2) is 0 Å². The number of hydrogen-bond donors (Lipinski definition) is 1. The summed E-state index contributed by atoms with van der Waals surface area (Å²) < 4.78 is 6.96. The fourth-order valence-corrected chi connectivity index (χ4v) is 2.70. The molecule has 0 aromatic heterocycles. The molecule has 1 unspecified atom stereocenters. The molecule has 18 heavy (non-hydrogen) atoms. The first kappa shape index (κ1) is 15.8. The average Bonchev–Trinajstić information content (AvgIpc) is 2.38. The van der Waals surface area contributed by atoms with Crippen LogP contribution in [0.4, 0.5) is 0 Å². The van der Waals surface area contributed by atoms with Crippen molar-refractivity contribution in [3.8, 4) is 5.75 Å². The molecule has 102 valence electrons. The summed E-state index contributed by atoms with van der Waals surface area (Å²) in [4.78, 5) is 0. The summed E-state index contributed by atoms with van der Waals surface area (Å²) >= 11 is 3.57. The van der Waals surface area contributed by atoms with Crippen LogP contribution in [0.2, 0.25) is 0 Å². The van der Waals surface area contributed by atoms with Gasteiger partial charge in [0, 0.05) is 12.5 Å². The number of nitrogens with one attached hydrogen (secondary N) is 1. The third-order valence-electron chi connectivity index (χ3n) is 3.28. The monoisotopic (exact) mass is 333 g/mol. The predicted molar refractivity (Wildman–Crippen MR) is 81.9 cm³/mol. The molecule has 0 radical (unpaired) electrons. The van der Waals surface area contributed by atoms with Gasteiger partial charge in [-0.3, -0.25) is 0 Å². The Morgan fingerprint density at radius 3 is 2.89 bits per heavy atom. The van der Waals surface area contributed by atoms with Crippen molar-refractivity contribution in [2.75, 3.05) is 19.7 Å². The maximum Gasteiger partial charge on any atom is 0.133 e. The number of aryl methyl sites for hydroxylation is 1. The quantitative estimate of drug-likeness (QED) is 0.904. The van der Waals surface area contributed by atoms with Crippen LogP contribution in [0, 0.1) is 5.92 Å². The van der Waals surface area contributed by atoms with Crippen LogP contribution in [0.15, 0.2) is 22.7 Å². The van der Waals surface area contributed by atoms with Crippen molar-refractivity contribution in [2.24, 2.45) is 5.92 Å². The van der Waals surface area contributed by atoms with E-state index in [0.29, 0.717) is 5.92 Å². The summed E-state index contributed by atoms with van der Waals surface area (Å²) in [6, 6.07) is 6.35. The molecule has 1 aromatic rings. The molecule has 1 saturated heterocycles. The summed E-state index contributed by atoms with van der Waals surface area (Å²) in [5.41, 5.74) is 1.34. The van der Waals surface area contributed by atoms with E-state index in [4.69, 9.17) is 4.74 Å². The highest BCUT2D eigenvalue weighted by molar-refractivity contribution is 9.10. The van der Waals surface area contributed by atoms with E-state index in [1.165, 1.54) is 18.4 Å². The SMILES string of the molecule is CCc1ccc(OCC2CCCNC2)c(Br)c1.Cl. The molecule has 1 aromatic carbocycles. The normalized spacial score (nSPS) is 19.1. The van der Waals surface area contributed by atoms with Gasteiger partial charge in [0.25, 0.3) is 0 Å². The molecule has 0 aliphatic carbocycles. The van der Waals surface area contributed by atoms with Gasteiger partial charge >= 0.3 is 0 Å². The minimum absolute atomic E-state index is 0. The van der Waals surface area contributed by atoms with E-state index in [-0.39, 0.29) is 12.4 Å². The maximum atomic E-state index is 5.89. The molecule has 0 spiro atoms. The van der Waals surface area contributed by atoms with Crippen LogP contribution in [-0.2, 0) is 6.42 Å². The fraction of sp³-hybridized carbons (Fsp3) is 0.571. The molecule has 1 aliphatic heterocycles. The zero-order valence-corrected chi connectivity index (χ0v) is 13.1. The molecule has 1 N–H and O–H groups in total. The standard InChI is InChI=1S/C14H20BrNO.ClH/c1-2-11-5-6-14(13(15)8-11)17-10-12-4-3-7-16-9-12;/h5-6,8,12,16H,2-4,7,9-10H2,1H3;1H. The van der Waals surface area contributed by atoms with Crippen molar-refractivity contribution in [2.45, 2.75) is 26.2 Å². The molecule has 2 rings (SSSR count). The summed E-state index contributed by atoms with van der Waals surface area (Å²) in [5, 5.41) is 3.41. The molecule has 0 amide bonds. The summed E-state index contributed by atoms with van der Waals surface area (Å²) in [6.45, 7) is 5.23. The number of halogens is 2. The Morgan fingerprint density at radius 1 is 1.44 bits per heavy atom. The highest BCUT2D eigenvalue weighted by Crippen LogP contribution is 2.27. The minimum Gasteiger partial charge on any atom is -0.492 e. The first-order valence-electron chi connectivity index (χ1n) is 6.41. The van der Waals surface area contributed by atoms with Gasteiger partial charge in [-0.25, -0.2) is 0 Å². The van der Waals surface area contributed by atoms with Crippen molar-refractivity contribution in [3.63, 3.8) is 0 Å². The maximum absolute atomic E-state index is 5.89. The van der Waals surface area contributed by atoms with Crippen LogP contribution in [0.25, 0.3) is 0 Å². The second-order valence-electron chi connectivity index (χ2n) is 4.64. The molecular formula is C14H21BrClNO. The van der Waals surface area contributed by atoms with Crippen LogP contribution < -0.4 is 10.1 Å². The molecule has 1 aliphatic rings. The number of hydrogen-bond acceptors (Lipinski definition) is 2. The van der Waals surface area contributed by atoms with Crippen molar-refractivity contribution >= 4 is 28.3 Å². The zero-order chi connectivity index (χ0) is 12.1. The van der Waals surface area contributed by atoms with Gasteiger partial charge in [0.05, 0.1) is 11.1 Å². The van der Waals surface area contributed by atoms with E-state index in [9.17, 15) is 0 Å². The van der Waals surface area contributed by atoms with Crippen molar-refractivity contribution < 1.29 is 4.74 Å². The van der Waals surface area contributed by atoms with Gasteiger partial charge in [-0.15, -0.1) is 12.4 Å². The van der Waals surface area contributed by atoms with Gasteiger partial charge in [-0.05, 0) is 59.4 Å². The summed E-state index contributed by atoms with van der Waals surface area (Å²) in [6.07, 6.45) is 3.60. The third kappa shape index (κ3) is 4.45. The molecule has 4 heteroatoms. The third-order valence-corrected chi connectivity index (χ3v) is 3.90. The van der Waals surface area contributed by atoms with E-state index >= 15 is 0 Å². The number of ether oxygens (including phenoxy) is 1. The average molecular weight is 335 g/mol.